The minimum absolute atomic E-state index is 0.230. The molecule has 0 saturated carbocycles. The van der Waals surface area contributed by atoms with Gasteiger partial charge in [-0.25, -0.2) is 4.79 Å². The van der Waals surface area contributed by atoms with Gasteiger partial charge < -0.3 is 9.84 Å². The van der Waals surface area contributed by atoms with Gasteiger partial charge in [-0.1, -0.05) is 0 Å². The van der Waals surface area contributed by atoms with E-state index >= 15 is 0 Å². The van der Waals surface area contributed by atoms with Crippen LogP contribution >= 0.6 is 0 Å². The molecule has 0 amide bonds. The van der Waals surface area contributed by atoms with Gasteiger partial charge in [-0.05, 0) is 25.1 Å². The van der Waals surface area contributed by atoms with Crippen LogP contribution in [0.4, 0.5) is 5.69 Å². The maximum atomic E-state index is 10.9. The van der Waals surface area contributed by atoms with Gasteiger partial charge in [0.2, 0.25) is 0 Å². The van der Waals surface area contributed by atoms with Crippen molar-refractivity contribution in [2.75, 3.05) is 0 Å². The highest BCUT2D eigenvalue weighted by molar-refractivity contribution is 5.85. The van der Waals surface area contributed by atoms with Crippen molar-refractivity contribution in [3.05, 3.63) is 52.0 Å². The lowest BCUT2D eigenvalue weighted by Gasteiger charge is -2.05. The van der Waals surface area contributed by atoms with Crippen LogP contribution in [-0.4, -0.2) is 26.0 Å². The fourth-order valence-electron chi connectivity index (χ4n) is 1.39. The molecule has 0 radical (unpaired) electrons. The van der Waals surface area contributed by atoms with Crippen LogP contribution in [0.3, 0.4) is 0 Å². The number of carbonyl (C=O) groups is 1. The van der Waals surface area contributed by atoms with Crippen molar-refractivity contribution in [1.82, 2.24) is 9.97 Å². The first-order chi connectivity index (χ1) is 9.47. The molecule has 0 saturated heterocycles. The second-order valence-corrected chi connectivity index (χ2v) is 3.82. The molecular formula is C12H9N3O5. The van der Waals surface area contributed by atoms with Crippen LogP contribution in [0.2, 0.25) is 0 Å². The third-order valence-electron chi connectivity index (χ3n) is 2.35. The Morgan fingerprint density at radius 1 is 1.35 bits per heavy atom. The number of pyridine rings is 2. The summed E-state index contributed by atoms with van der Waals surface area (Å²) >= 11 is 0. The summed E-state index contributed by atoms with van der Waals surface area (Å²) in [7, 11) is 0. The molecule has 102 valence electrons. The van der Waals surface area contributed by atoms with Gasteiger partial charge in [-0.3, -0.25) is 15.1 Å². The van der Waals surface area contributed by atoms with Gasteiger partial charge in [-0.15, -0.1) is 0 Å². The number of aromatic nitrogens is 2. The van der Waals surface area contributed by atoms with Crippen LogP contribution in [-0.2, 0) is 0 Å². The third-order valence-corrected chi connectivity index (χ3v) is 2.35. The monoisotopic (exact) mass is 275 g/mol. The summed E-state index contributed by atoms with van der Waals surface area (Å²) in [6.07, 6.45) is 1.37. The zero-order valence-corrected chi connectivity index (χ0v) is 10.3. The van der Waals surface area contributed by atoms with E-state index < -0.39 is 16.6 Å². The van der Waals surface area contributed by atoms with Crippen molar-refractivity contribution >= 4 is 11.7 Å². The lowest BCUT2D eigenvalue weighted by molar-refractivity contribution is -0.386. The Balaban J connectivity index is 2.41. The lowest BCUT2D eigenvalue weighted by Crippen LogP contribution is -2.04. The number of hydrogen-bond donors (Lipinski definition) is 1. The van der Waals surface area contributed by atoms with Gasteiger partial charge in [-0.2, -0.15) is 4.98 Å². The summed E-state index contributed by atoms with van der Waals surface area (Å²) in [6, 6.07) is 5.29. The van der Waals surface area contributed by atoms with E-state index in [2.05, 4.69) is 9.97 Å². The largest absolute Gasteiger partial charge is 0.477 e. The Kier molecular flexibility index (Phi) is 3.56. The molecule has 0 fully saturated rings. The third kappa shape index (κ3) is 2.86. The molecular weight excluding hydrogens is 266 g/mol. The minimum Gasteiger partial charge on any atom is -0.477 e. The smallest absolute Gasteiger partial charge is 0.354 e. The summed E-state index contributed by atoms with van der Waals surface area (Å²) < 4.78 is 5.24. The molecule has 20 heavy (non-hydrogen) atoms. The summed E-state index contributed by atoms with van der Waals surface area (Å²) in [4.78, 5) is 28.6. The predicted octanol–water partition coefficient (Wildman–Crippen LogP) is 2.18. The van der Waals surface area contributed by atoms with E-state index in [4.69, 9.17) is 9.84 Å². The molecule has 0 aliphatic heterocycles. The van der Waals surface area contributed by atoms with Crippen molar-refractivity contribution in [2.24, 2.45) is 0 Å². The van der Waals surface area contributed by atoms with Crippen LogP contribution in [0.15, 0.2) is 30.5 Å². The molecule has 2 aromatic rings. The number of nitrogens with zero attached hydrogens (tertiary/aromatic N) is 3. The molecule has 1 N–H and O–H groups in total. The molecule has 2 aromatic heterocycles. The number of ether oxygens (including phenoxy) is 1. The quantitative estimate of drug-likeness (QED) is 0.671. The summed E-state index contributed by atoms with van der Waals surface area (Å²) in [5, 5.41) is 19.7. The Morgan fingerprint density at radius 3 is 2.65 bits per heavy atom. The fraction of sp³-hybridized carbons (Fsp3) is 0.0833. The number of rotatable bonds is 4. The first-order valence-electron chi connectivity index (χ1n) is 5.46. The van der Waals surface area contributed by atoms with Gasteiger partial charge in [0.15, 0.2) is 5.69 Å². The van der Waals surface area contributed by atoms with Crippen LogP contribution in [0.25, 0.3) is 0 Å². The van der Waals surface area contributed by atoms with Gasteiger partial charge in [0.05, 0.1) is 11.1 Å². The number of hydrogen-bond acceptors (Lipinski definition) is 6. The summed E-state index contributed by atoms with van der Waals surface area (Å²) in [5.41, 5.74) is -0.0136. The molecule has 8 heteroatoms. The van der Waals surface area contributed by atoms with Crippen LogP contribution in [0.1, 0.15) is 16.2 Å². The Hall–Kier alpha value is -3.03. The minimum atomic E-state index is -1.30. The van der Waals surface area contributed by atoms with E-state index in [0.29, 0.717) is 0 Å². The van der Waals surface area contributed by atoms with E-state index in [1.807, 2.05) is 0 Å². The van der Waals surface area contributed by atoms with Crippen molar-refractivity contribution in [1.29, 1.82) is 0 Å². The molecule has 0 aromatic carbocycles. The normalized spacial score (nSPS) is 10.1. The molecule has 2 rings (SSSR count). The zero-order chi connectivity index (χ0) is 14.7. The van der Waals surface area contributed by atoms with Crippen molar-refractivity contribution in [3.63, 3.8) is 0 Å². The van der Waals surface area contributed by atoms with E-state index in [9.17, 15) is 14.9 Å². The standard InChI is InChI=1S/C12H9N3O5/c1-7-2-3-8(6-13-7)20-11-10(15(18)19)5-4-9(14-11)12(16)17/h2-6H,1H3,(H,16,17). The molecule has 0 unspecified atom stereocenters. The molecule has 2 heterocycles. The van der Waals surface area contributed by atoms with Gasteiger partial charge in [0, 0.05) is 11.8 Å². The number of aromatic carboxylic acids is 1. The Morgan fingerprint density at radius 2 is 2.10 bits per heavy atom. The highest BCUT2D eigenvalue weighted by Crippen LogP contribution is 2.29. The number of carboxylic acid groups (broad SMARTS) is 1. The van der Waals surface area contributed by atoms with E-state index in [0.717, 1.165) is 17.8 Å². The highest BCUT2D eigenvalue weighted by Gasteiger charge is 2.20. The van der Waals surface area contributed by atoms with Crippen molar-refractivity contribution in [3.8, 4) is 11.6 Å². The molecule has 0 atom stereocenters. The summed E-state index contributed by atoms with van der Waals surface area (Å²) in [5.74, 6) is -1.46. The molecule has 0 aliphatic rings. The average Bonchev–Trinajstić information content (AvgIpc) is 2.41. The Labute approximate surface area is 112 Å². The second-order valence-electron chi connectivity index (χ2n) is 3.82. The van der Waals surface area contributed by atoms with Crippen LogP contribution < -0.4 is 4.74 Å². The topological polar surface area (TPSA) is 115 Å². The number of carboxylic acids is 1. The van der Waals surface area contributed by atoms with Gasteiger partial charge >= 0.3 is 17.5 Å². The van der Waals surface area contributed by atoms with Gasteiger partial charge in [0.1, 0.15) is 5.75 Å². The average molecular weight is 275 g/mol. The Bertz CT molecular complexity index is 669. The molecule has 0 spiro atoms. The highest BCUT2D eigenvalue weighted by atomic mass is 16.6. The first-order valence-corrected chi connectivity index (χ1v) is 5.46. The maximum Gasteiger partial charge on any atom is 0.354 e. The SMILES string of the molecule is Cc1ccc(Oc2nc(C(=O)O)ccc2[N+](=O)[O-])cn1. The maximum absolute atomic E-state index is 10.9. The van der Waals surface area contributed by atoms with E-state index in [1.165, 1.54) is 6.20 Å². The van der Waals surface area contributed by atoms with Crippen LogP contribution in [0.5, 0.6) is 11.6 Å². The predicted molar refractivity (Wildman–Crippen MR) is 66.9 cm³/mol. The van der Waals surface area contributed by atoms with Gasteiger partial charge in [0.25, 0.3) is 0 Å². The first kappa shape index (κ1) is 13.4. The summed E-state index contributed by atoms with van der Waals surface area (Å²) in [6.45, 7) is 1.77. The number of nitro groups is 1. The molecule has 0 aliphatic carbocycles. The van der Waals surface area contributed by atoms with E-state index in [1.54, 1.807) is 19.1 Å². The fourth-order valence-corrected chi connectivity index (χ4v) is 1.39. The van der Waals surface area contributed by atoms with Crippen molar-refractivity contribution < 1.29 is 19.6 Å². The van der Waals surface area contributed by atoms with Crippen LogP contribution in [0, 0.1) is 17.0 Å². The van der Waals surface area contributed by atoms with E-state index in [-0.39, 0.29) is 17.3 Å². The molecule has 8 nitrogen and oxygen atoms in total. The second kappa shape index (κ2) is 5.31. The lowest BCUT2D eigenvalue weighted by atomic mass is 10.3. The molecule has 0 bridgehead atoms. The zero-order valence-electron chi connectivity index (χ0n) is 10.3. The van der Waals surface area contributed by atoms with Crippen molar-refractivity contribution in [2.45, 2.75) is 6.92 Å². The number of aryl methyl sites for hydroxylation is 1.